The molecule has 0 spiro atoms. The van der Waals surface area contributed by atoms with E-state index in [0.29, 0.717) is 5.56 Å². The molecule has 0 radical (unpaired) electrons. The highest BCUT2D eigenvalue weighted by molar-refractivity contribution is 6.08. The molecule has 6 nitrogen and oxygen atoms in total. The van der Waals surface area contributed by atoms with Crippen molar-refractivity contribution < 1.29 is 18.5 Å². The molecule has 0 amide bonds. The summed E-state index contributed by atoms with van der Waals surface area (Å²) in [5, 5.41) is 3.27. The lowest BCUT2D eigenvalue weighted by Crippen LogP contribution is -2.18. The zero-order chi connectivity index (χ0) is 30.8. The van der Waals surface area contributed by atoms with E-state index in [1.807, 2.05) is 59.3 Å². The molecule has 1 N–H and O–H groups in total. The second-order valence-electron chi connectivity index (χ2n) is 11.7. The molecule has 1 aromatic carbocycles. The maximum absolute atomic E-state index is 13.9. The van der Waals surface area contributed by atoms with E-state index in [1.165, 1.54) is 32.1 Å². The summed E-state index contributed by atoms with van der Waals surface area (Å²) in [7, 11) is 5.71. The summed E-state index contributed by atoms with van der Waals surface area (Å²) in [6.45, 7) is 10.6. The van der Waals surface area contributed by atoms with Gasteiger partial charge in [-0.15, -0.1) is 0 Å². The molecule has 0 bridgehead atoms. The van der Waals surface area contributed by atoms with Crippen molar-refractivity contribution in [3.63, 3.8) is 0 Å². The van der Waals surface area contributed by atoms with Gasteiger partial charge in [-0.25, -0.2) is 8.97 Å². The number of aromatic nitrogens is 1. The number of aryl methyl sites for hydroxylation is 1. The first-order valence-electron chi connectivity index (χ1n) is 15.4. The maximum Gasteiger partial charge on any atom is 0.176 e. The molecule has 2 aromatic rings. The van der Waals surface area contributed by atoms with Gasteiger partial charge in [0.2, 0.25) is 0 Å². The molecule has 3 heterocycles. The van der Waals surface area contributed by atoms with E-state index in [2.05, 4.69) is 32.8 Å². The van der Waals surface area contributed by atoms with E-state index in [-0.39, 0.29) is 17.5 Å². The van der Waals surface area contributed by atoms with E-state index in [0.717, 1.165) is 71.3 Å². The first-order valence-corrected chi connectivity index (χ1v) is 15.4. The zero-order valence-corrected chi connectivity index (χ0v) is 26.9. The van der Waals surface area contributed by atoms with Crippen molar-refractivity contribution in [3.05, 3.63) is 70.3 Å². The minimum absolute atomic E-state index is 0.0514. The van der Waals surface area contributed by atoms with Gasteiger partial charge in [0.05, 0.1) is 30.6 Å². The summed E-state index contributed by atoms with van der Waals surface area (Å²) in [5.74, 6) is 2.10. The number of methoxy groups -OCH3 is 1. The number of allylic oxidation sites excluding steroid dienone is 2. The fourth-order valence-corrected chi connectivity index (χ4v) is 5.30. The van der Waals surface area contributed by atoms with E-state index in [9.17, 15) is 9.18 Å². The van der Waals surface area contributed by atoms with Gasteiger partial charge < -0.3 is 15.0 Å². The summed E-state index contributed by atoms with van der Waals surface area (Å²) in [6.07, 6.45) is 14.7. The second-order valence-corrected chi connectivity index (χ2v) is 11.7. The fourth-order valence-electron chi connectivity index (χ4n) is 5.30. The van der Waals surface area contributed by atoms with Crippen molar-refractivity contribution in [2.24, 2.45) is 0 Å². The van der Waals surface area contributed by atoms with Crippen molar-refractivity contribution >= 4 is 28.9 Å². The molecule has 0 saturated heterocycles. The van der Waals surface area contributed by atoms with Gasteiger partial charge in [0.1, 0.15) is 36.6 Å². The number of unbranched alkanes of at least 4 members (excludes halogenated alkanes) is 1. The van der Waals surface area contributed by atoms with Crippen LogP contribution in [0.25, 0.3) is 5.57 Å². The average molecular weight is 578 g/mol. The molecule has 2 aliphatic heterocycles. The molecule has 1 aliphatic carbocycles. The van der Waals surface area contributed by atoms with Crippen molar-refractivity contribution in [1.29, 1.82) is 0 Å². The highest BCUT2D eigenvalue weighted by Gasteiger charge is 2.23. The monoisotopic (exact) mass is 577 g/mol. The van der Waals surface area contributed by atoms with Crippen LogP contribution in [0.4, 0.5) is 15.8 Å². The Morgan fingerprint density at radius 1 is 1.17 bits per heavy atom. The van der Waals surface area contributed by atoms with Gasteiger partial charge >= 0.3 is 0 Å². The van der Waals surface area contributed by atoms with Gasteiger partial charge in [-0.2, -0.15) is 0 Å². The van der Waals surface area contributed by atoms with Crippen LogP contribution in [0.5, 0.6) is 0 Å². The fraction of sp³-hybridized carbons (Fsp3) is 0.514. The summed E-state index contributed by atoms with van der Waals surface area (Å²) in [4.78, 5) is 18.2. The zero-order valence-electron chi connectivity index (χ0n) is 26.9. The second kappa shape index (κ2) is 15.7. The molecule has 5 rings (SSSR count). The number of nitrogens with one attached hydrogen (secondary N) is 1. The Kier molecular flexibility index (Phi) is 12.3. The van der Waals surface area contributed by atoms with E-state index < -0.39 is 0 Å². The first-order chi connectivity index (χ1) is 20.0. The predicted molar refractivity (Wildman–Crippen MR) is 173 cm³/mol. The minimum atomic E-state index is -0.124. The van der Waals surface area contributed by atoms with E-state index in [1.54, 1.807) is 20.1 Å². The summed E-state index contributed by atoms with van der Waals surface area (Å²) in [6, 6.07) is 7.20. The number of ketones is 1. The molecular formula is C35H50FN4O2+. The number of fused-ring (bicyclic) bond motifs is 1. The van der Waals surface area contributed by atoms with Gasteiger partial charge in [0.15, 0.2) is 12.0 Å². The topological polar surface area (TPSA) is 57.5 Å². The highest BCUT2D eigenvalue weighted by Crippen LogP contribution is 2.38. The Bertz CT molecular complexity index is 1330. The highest BCUT2D eigenvalue weighted by atomic mass is 19.1. The molecule has 7 heteroatoms. The Labute approximate surface area is 252 Å². The van der Waals surface area contributed by atoms with Crippen LogP contribution in [-0.2, 0) is 4.74 Å². The molecule has 1 fully saturated rings. The third-order valence-corrected chi connectivity index (χ3v) is 7.82. The maximum atomic E-state index is 13.9. The molecular weight excluding hydrogens is 527 g/mol. The van der Waals surface area contributed by atoms with Gasteiger partial charge in [0.25, 0.3) is 0 Å². The molecule has 228 valence electrons. The van der Waals surface area contributed by atoms with Gasteiger partial charge in [0, 0.05) is 18.3 Å². The first kappa shape index (κ1) is 33.0. The number of benzene rings is 1. The van der Waals surface area contributed by atoms with Crippen LogP contribution in [-0.4, -0.2) is 49.3 Å². The third-order valence-electron chi connectivity index (χ3n) is 7.82. The average Bonchev–Trinajstić information content (AvgIpc) is 3.63. The lowest BCUT2D eigenvalue weighted by atomic mass is 10.0. The lowest BCUT2D eigenvalue weighted by molar-refractivity contribution is -0.492. The Hall–Kier alpha value is -3.48. The quantitative estimate of drug-likeness (QED) is 0.276. The largest absolute Gasteiger partial charge is 0.500 e. The van der Waals surface area contributed by atoms with E-state index >= 15 is 0 Å². The number of halogens is 1. The van der Waals surface area contributed by atoms with Gasteiger partial charge in [-0.05, 0) is 62.1 Å². The smallest absolute Gasteiger partial charge is 0.176 e. The molecule has 1 saturated carbocycles. The summed E-state index contributed by atoms with van der Waals surface area (Å²) >= 11 is 0. The Balaban J connectivity index is 0.000000198. The number of ether oxygens (including phenoxy) is 1. The number of rotatable bonds is 6. The van der Waals surface area contributed by atoms with Crippen molar-refractivity contribution in [3.8, 4) is 0 Å². The van der Waals surface area contributed by atoms with Crippen LogP contribution in [0.3, 0.4) is 0 Å². The number of Topliss-reactive ketones (excluding diaryl/α,β-unsaturated/α-hetero) is 1. The summed E-state index contributed by atoms with van der Waals surface area (Å²) < 4.78 is 21.5. The van der Waals surface area contributed by atoms with Crippen LogP contribution in [0.2, 0.25) is 0 Å². The minimum Gasteiger partial charge on any atom is -0.500 e. The molecule has 42 heavy (non-hydrogen) atoms. The Morgan fingerprint density at radius 2 is 1.83 bits per heavy atom. The number of anilines is 2. The van der Waals surface area contributed by atoms with Crippen LogP contribution in [0.1, 0.15) is 112 Å². The standard InChI is InChI=1S/C15H21FN2.C15H19N2O2.C5H10/c1-5-6-7-15-17-13-9-12(16)11(10(2)3)8-14(13)18(15)4;1-10-7-12(11(2)18)8-14(16-10)13-9-17(3)6-5-15(13)19-4;1-2-4-5-3-1/h7-10,17H,5-6H2,1-4H3;7-9H,5-6H2,1-4H3;1-5H2/q;+1;/b15-7-;;. The van der Waals surface area contributed by atoms with Crippen LogP contribution >= 0.6 is 0 Å². The Morgan fingerprint density at radius 3 is 2.40 bits per heavy atom. The number of hydrogen-bond acceptors (Lipinski definition) is 5. The number of hydrogen-bond donors (Lipinski definition) is 1. The number of carbonyl (C=O) groups excluding carboxylic acids is 1. The van der Waals surface area contributed by atoms with Crippen LogP contribution in [0.15, 0.2) is 41.9 Å². The molecule has 0 unspecified atom stereocenters. The molecule has 3 aliphatic rings. The van der Waals surface area contributed by atoms with E-state index in [4.69, 9.17) is 4.74 Å². The van der Waals surface area contributed by atoms with Gasteiger partial charge in [-0.3, -0.25) is 9.78 Å². The number of carbonyl (C=O) groups is 1. The summed E-state index contributed by atoms with van der Waals surface area (Å²) in [5.41, 5.74) is 5.98. The van der Waals surface area contributed by atoms with Gasteiger partial charge in [-0.1, -0.05) is 59.3 Å². The van der Waals surface area contributed by atoms with Crippen molar-refractivity contribution in [1.82, 2.24) is 4.98 Å². The number of pyridine rings is 1. The van der Waals surface area contributed by atoms with Crippen LogP contribution < -0.4 is 10.2 Å². The lowest BCUT2D eigenvalue weighted by Gasteiger charge is -2.15. The van der Waals surface area contributed by atoms with Crippen LogP contribution in [0, 0.1) is 12.7 Å². The third kappa shape index (κ3) is 8.76. The molecule has 1 aromatic heterocycles. The van der Waals surface area contributed by atoms with Crippen molar-refractivity contribution in [2.45, 2.75) is 91.9 Å². The van der Waals surface area contributed by atoms with Crippen molar-refractivity contribution in [2.75, 3.05) is 38.0 Å². The predicted octanol–water partition coefficient (Wildman–Crippen LogP) is 8.47. The normalized spacial score (nSPS) is 16.8. The SMILES string of the molecule is C1CCCC1.CCC/C=C1/Nc2cc(F)c(C(C)C)cc2N1C.COC1=C(c2cc(C(C)=O)cc(C)n2)C=[N+](C)CC1. The molecule has 0 atom stereocenters. The number of nitrogens with zero attached hydrogens (tertiary/aromatic N) is 3.